The Morgan fingerprint density at radius 2 is 1.96 bits per heavy atom. The number of amides is 1. The Balaban J connectivity index is 1.52. The normalized spacial score (nSPS) is 20.5. The van der Waals surface area contributed by atoms with E-state index in [0.29, 0.717) is 30.0 Å². The van der Waals surface area contributed by atoms with E-state index in [1.165, 1.54) is 37.3 Å². The molecule has 28 heavy (non-hydrogen) atoms. The van der Waals surface area contributed by atoms with Gasteiger partial charge < -0.3 is 9.47 Å². The van der Waals surface area contributed by atoms with Crippen LogP contribution < -0.4 is 11.2 Å². The fraction of sp³-hybridized carbons (Fsp3) is 0.684. The van der Waals surface area contributed by atoms with Crippen LogP contribution in [0.4, 0.5) is 0 Å². The number of nitrogens with zero attached hydrogens (tertiary/aromatic N) is 5. The van der Waals surface area contributed by atoms with Crippen molar-refractivity contribution in [1.29, 1.82) is 0 Å². The van der Waals surface area contributed by atoms with Crippen molar-refractivity contribution in [3.8, 4) is 0 Å². The van der Waals surface area contributed by atoms with Crippen molar-refractivity contribution >= 4 is 28.8 Å². The summed E-state index contributed by atoms with van der Waals surface area (Å²) in [5.74, 6) is 1.83. The van der Waals surface area contributed by atoms with Crippen LogP contribution in [0, 0.1) is 5.92 Å². The molecule has 1 saturated heterocycles. The second-order valence-corrected chi connectivity index (χ2v) is 9.16. The minimum Gasteiger partial charge on any atom is -0.328 e. The van der Waals surface area contributed by atoms with Crippen LogP contribution in [0.25, 0.3) is 11.2 Å². The van der Waals surface area contributed by atoms with E-state index >= 15 is 0 Å². The monoisotopic (exact) mass is 405 g/mol. The van der Waals surface area contributed by atoms with Gasteiger partial charge in [-0.2, -0.15) is 0 Å². The standard InChI is InChI=1S/C19H27N5O3S/c1-21-17-16(18(26)22(2)19(21)27)23(12-20-17)11-15-24(9-10-28-15)14(25)8-7-13-5-3-4-6-13/h12-13,15H,3-11H2,1-2H3. The number of hydrogen-bond donors (Lipinski definition) is 0. The first-order valence-corrected chi connectivity index (χ1v) is 11.0. The zero-order chi connectivity index (χ0) is 19.8. The highest BCUT2D eigenvalue weighted by molar-refractivity contribution is 8.00. The molecule has 0 aromatic carbocycles. The number of aryl methyl sites for hydroxylation is 1. The zero-order valence-electron chi connectivity index (χ0n) is 16.5. The molecule has 0 bridgehead atoms. The summed E-state index contributed by atoms with van der Waals surface area (Å²) in [6, 6.07) is 0. The summed E-state index contributed by atoms with van der Waals surface area (Å²) in [4.78, 5) is 43.8. The molecular formula is C19H27N5O3S. The molecule has 1 atom stereocenters. The molecular weight excluding hydrogens is 378 g/mol. The first-order valence-electron chi connectivity index (χ1n) is 9.99. The summed E-state index contributed by atoms with van der Waals surface area (Å²) >= 11 is 1.74. The summed E-state index contributed by atoms with van der Waals surface area (Å²) in [5.41, 5.74) is 0.0603. The molecule has 4 rings (SSSR count). The average Bonchev–Trinajstić information content (AvgIpc) is 3.44. The number of imidazole rings is 1. The number of carbonyl (C=O) groups is 1. The number of rotatable bonds is 5. The predicted octanol–water partition coefficient (Wildman–Crippen LogP) is 1.31. The third-order valence-electron chi connectivity index (χ3n) is 6.12. The number of aromatic nitrogens is 4. The molecule has 0 N–H and O–H groups in total. The maximum absolute atomic E-state index is 12.8. The van der Waals surface area contributed by atoms with E-state index in [1.807, 2.05) is 4.90 Å². The molecule has 1 unspecified atom stereocenters. The van der Waals surface area contributed by atoms with Crippen molar-refractivity contribution in [3.63, 3.8) is 0 Å². The van der Waals surface area contributed by atoms with Crippen molar-refractivity contribution in [2.24, 2.45) is 20.0 Å². The van der Waals surface area contributed by atoms with Gasteiger partial charge >= 0.3 is 5.69 Å². The first kappa shape index (κ1) is 19.3. The Bertz CT molecular complexity index is 1000. The third kappa shape index (κ3) is 3.40. The molecule has 1 aliphatic heterocycles. The van der Waals surface area contributed by atoms with E-state index in [-0.39, 0.29) is 22.5 Å². The number of thioether (sulfide) groups is 1. The van der Waals surface area contributed by atoms with E-state index in [0.717, 1.165) is 23.3 Å². The first-order chi connectivity index (χ1) is 13.5. The molecule has 0 spiro atoms. The zero-order valence-corrected chi connectivity index (χ0v) is 17.3. The third-order valence-corrected chi connectivity index (χ3v) is 7.33. The van der Waals surface area contributed by atoms with Crippen LogP contribution >= 0.6 is 11.8 Å². The van der Waals surface area contributed by atoms with Gasteiger partial charge in [0.05, 0.1) is 18.2 Å². The van der Waals surface area contributed by atoms with Crippen molar-refractivity contribution in [3.05, 3.63) is 27.2 Å². The molecule has 152 valence electrons. The highest BCUT2D eigenvalue weighted by Gasteiger charge is 2.31. The molecule has 2 aliphatic rings. The maximum Gasteiger partial charge on any atom is 0.332 e. The lowest BCUT2D eigenvalue weighted by Gasteiger charge is -2.25. The molecule has 2 aromatic heterocycles. The van der Waals surface area contributed by atoms with Crippen LogP contribution in [0.3, 0.4) is 0 Å². The molecule has 1 saturated carbocycles. The van der Waals surface area contributed by atoms with Crippen molar-refractivity contribution in [1.82, 2.24) is 23.6 Å². The van der Waals surface area contributed by atoms with Crippen LogP contribution in [-0.4, -0.2) is 47.2 Å². The van der Waals surface area contributed by atoms with Gasteiger partial charge in [-0.15, -0.1) is 11.8 Å². The quantitative estimate of drug-likeness (QED) is 0.749. The molecule has 1 aliphatic carbocycles. The van der Waals surface area contributed by atoms with E-state index < -0.39 is 0 Å². The van der Waals surface area contributed by atoms with Gasteiger partial charge in [-0.1, -0.05) is 25.7 Å². The summed E-state index contributed by atoms with van der Waals surface area (Å²) in [6.07, 6.45) is 8.32. The Morgan fingerprint density at radius 3 is 2.71 bits per heavy atom. The van der Waals surface area contributed by atoms with Crippen molar-refractivity contribution < 1.29 is 4.79 Å². The minimum absolute atomic E-state index is 0.00424. The molecule has 1 amide bonds. The number of fused-ring (bicyclic) bond motifs is 1. The van der Waals surface area contributed by atoms with Crippen LogP contribution in [0.1, 0.15) is 38.5 Å². The average molecular weight is 406 g/mol. The topological polar surface area (TPSA) is 82.1 Å². The smallest absolute Gasteiger partial charge is 0.328 e. The van der Waals surface area contributed by atoms with Crippen LogP contribution in [0.15, 0.2) is 15.9 Å². The lowest BCUT2D eigenvalue weighted by Crippen LogP contribution is -2.39. The number of hydrogen-bond acceptors (Lipinski definition) is 5. The molecule has 8 nitrogen and oxygen atoms in total. The van der Waals surface area contributed by atoms with Gasteiger partial charge in [0.1, 0.15) is 0 Å². The van der Waals surface area contributed by atoms with E-state index in [4.69, 9.17) is 0 Å². The van der Waals surface area contributed by atoms with Crippen molar-refractivity contribution in [2.45, 2.75) is 50.4 Å². The molecule has 2 fully saturated rings. The second kappa shape index (κ2) is 7.77. The van der Waals surface area contributed by atoms with Gasteiger partial charge in [-0.25, -0.2) is 9.78 Å². The molecule has 0 radical (unpaired) electrons. The molecule has 9 heteroatoms. The lowest BCUT2D eigenvalue weighted by atomic mass is 10.0. The van der Waals surface area contributed by atoms with E-state index in [2.05, 4.69) is 4.98 Å². The summed E-state index contributed by atoms with van der Waals surface area (Å²) in [6.45, 7) is 1.26. The van der Waals surface area contributed by atoms with Crippen LogP contribution in [0.5, 0.6) is 0 Å². The Labute approximate surface area is 167 Å². The van der Waals surface area contributed by atoms with Crippen LogP contribution in [-0.2, 0) is 25.4 Å². The molecule has 3 heterocycles. The summed E-state index contributed by atoms with van der Waals surface area (Å²) < 4.78 is 4.28. The lowest BCUT2D eigenvalue weighted by molar-refractivity contribution is -0.131. The largest absolute Gasteiger partial charge is 0.332 e. The SMILES string of the molecule is Cn1c(=O)c2c(ncn2CC2SCCN2C(=O)CCC2CCCC2)n(C)c1=O. The maximum atomic E-state index is 12.8. The van der Waals surface area contributed by atoms with E-state index in [1.54, 1.807) is 29.7 Å². The highest BCUT2D eigenvalue weighted by Crippen LogP contribution is 2.31. The van der Waals surface area contributed by atoms with Gasteiger partial charge in [-0.05, 0) is 12.3 Å². The van der Waals surface area contributed by atoms with E-state index in [9.17, 15) is 14.4 Å². The van der Waals surface area contributed by atoms with Crippen LogP contribution in [0.2, 0.25) is 0 Å². The number of carbonyl (C=O) groups excluding carboxylic acids is 1. The summed E-state index contributed by atoms with van der Waals surface area (Å²) in [7, 11) is 3.09. The highest BCUT2D eigenvalue weighted by atomic mass is 32.2. The minimum atomic E-state index is -0.387. The van der Waals surface area contributed by atoms with Crippen molar-refractivity contribution in [2.75, 3.05) is 12.3 Å². The Morgan fingerprint density at radius 1 is 1.21 bits per heavy atom. The Kier molecular flexibility index (Phi) is 5.35. The van der Waals surface area contributed by atoms with Gasteiger partial charge in [-0.3, -0.25) is 18.7 Å². The Hall–Kier alpha value is -2.03. The fourth-order valence-corrected chi connectivity index (χ4v) is 5.67. The summed E-state index contributed by atoms with van der Waals surface area (Å²) in [5, 5.41) is -0.00424. The van der Waals surface area contributed by atoms with Gasteiger partial charge in [0.25, 0.3) is 5.56 Å². The van der Waals surface area contributed by atoms with Gasteiger partial charge in [0.15, 0.2) is 11.2 Å². The molecule has 2 aromatic rings. The fourth-order valence-electron chi connectivity index (χ4n) is 4.43. The van der Waals surface area contributed by atoms with Gasteiger partial charge in [0.2, 0.25) is 5.91 Å². The second-order valence-electron chi connectivity index (χ2n) is 7.88. The van der Waals surface area contributed by atoms with Gasteiger partial charge in [0, 0.05) is 32.8 Å². The predicted molar refractivity (Wildman–Crippen MR) is 109 cm³/mol.